The van der Waals surface area contributed by atoms with Crippen LogP contribution in [0.3, 0.4) is 0 Å². The highest BCUT2D eigenvalue weighted by atomic mass is 19.2. The molecule has 1 N–H and O–H groups in total. The molecule has 3 atom stereocenters. The number of nitrogens with zero attached hydrogens (tertiary/aromatic N) is 1. The van der Waals surface area contributed by atoms with Gasteiger partial charge >= 0.3 is 0 Å². The van der Waals surface area contributed by atoms with E-state index in [0.717, 1.165) is 12.5 Å². The Morgan fingerprint density at radius 1 is 1.45 bits per heavy atom. The Hall–Kier alpha value is -1.49. The zero-order valence-corrected chi connectivity index (χ0v) is 11.6. The maximum atomic E-state index is 13.7. The van der Waals surface area contributed by atoms with Crippen LogP contribution >= 0.6 is 0 Å². The van der Waals surface area contributed by atoms with Gasteiger partial charge < -0.3 is 10.0 Å². The Morgan fingerprint density at radius 2 is 2.15 bits per heavy atom. The molecule has 1 amide bonds. The van der Waals surface area contributed by atoms with Crippen molar-refractivity contribution < 1.29 is 18.7 Å². The van der Waals surface area contributed by atoms with Gasteiger partial charge in [-0.2, -0.15) is 0 Å². The molecule has 0 aromatic heterocycles. The van der Waals surface area contributed by atoms with E-state index in [1.807, 2.05) is 0 Å². The van der Waals surface area contributed by atoms with E-state index in [-0.39, 0.29) is 11.6 Å². The summed E-state index contributed by atoms with van der Waals surface area (Å²) in [4.78, 5) is 13.9. The normalized spacial score (nSPS) is 24.6. The van der Waals surface area contributed by atoms with Crippen molar-refractivity contribution in [1.29, 1.82) is 0 Å². The Labute approximate surface area is 117 Å². The van der Waals surface area contributed by atoms with E-state index in [2.05, 4.69) is 6.92 Å². The van der Waals surface area contributed by atoms with E-state index in [1.54, 1.807) is 6.92 Å². The fourth-order valence-electron chi connectivity index (χ4n) is 2.72. The van der Waals surface area contributed by atoms with Gasteiger partial charge in [0.25, 0.3) is 5.91 Å². The maximum absolute atomic E-state index is 13.7. The Morgan fingerprint density at radius 3 is 2.80 bits per heavy atom. The van der Waals surface area contributed by atoms with E-state index in [4.69, 9.17) is 0 Å². The Balaban J connectivity index is 2.29. The second kappa shape index (κ2) is 5.87. The van der Waals surface area contributed by atoms with Crippen LogP contribution < -0.4 is 0 Å². The number of likely N-dealkylation sites (tertiary alicyclic amines) is 1. The third-order valence-electron chi connectivity index (χ3n) is 3.91. The Kier molecular flexibility index (Phi) is 4.38. The summed E-state index contributed by atoms with van der Waals surface area (Å²) in [5, 5.41) is 9.82. The number of carbonyl (C=O) groups excluding carboxylic acids is 1. The summed E-state index contributed by atoms with van der Waals surface area (Å²) < 4.78 is 27.0. The van der Waals surface area contributed by atoms with Gasteiger partial charge in [0.2, 0.25) is 0 Å². The first-order valence-corrected chi connectivity index (χ1v) is 6.85. The number of aliphatic hydroxyl groups excluding tert-OH is 1. The third kappa shape index (κ3) is 2.82. The van der Waals surface area contributed by atoms with E-state index in [1.165, 1.54) is 17.0 Å². The molecular formula is C15H19F2NO2. The number of amides is 1. The number of rotatable bonds is 2. The molecule has 5 heteroatoms. The third-order valence-corrected chi connectivity index (χ3v) is 3.91. The fraction of sp³-hybridized carbons (Fsp3) is 0.533. The summed E-state index contributed by atoms with van der Waals surface area (Å²) in [5.41, 5.74) is -0.273. The first kappa shape index (κ1) is 14.9. The molecule has 0 unspecified atom stereocenters. The SMILES string of the molecule is C[C@@H]1CCN(C(=O)c2cccc(F)c2F)[C@@H]([C@H](C)O)C1. The second-order valence-corrected chi connectivity index (χ2v) is 5.54. The smallest absolute Gasteiger partial charge is 0.257 e. The van der Waals surface area contributed by atoms with Crippen LogP contribution in [0.15, 0.2) is 18.2 Å². The van der Waals surface area contributed by atoms with Crippen LogP contribution in [-0.4, -0.2) is 34.6 Å². The minimum atomic E-state index is -1.12. The highest BCUT2D eigenvalue weighted by molar-refractivity contribution is 5.94. The molecular weight excluding hydrogens is 264 g/mol. The molecule has 110 valence electrons. The number of carbonyl (C=O) groups is 1. The Bertz CT molecular complexity index is 505. The molecule has 2 rings (SSSR count). The molecule has 0 spiro atoms. The van der Waals surface area contributed by atoms with Crippen LogP contribution in [-0.2, 0) is 0 Å². The maximum Gasteiger partial charge on any atom is 0.257 e. The molecule has 1 aromatic carbocycles. The number of aliphatic hydroxyl groups is 1. The number of piperidine rings is 1. The monoisotopic (exact) mass is 283 g/mol. The summed E-state index contributed by atoms with van der Waals surface area (Å²) in [6.45, 7) is 4.12. The predicted molar refractivity (Wildman–Crippen MR) is 71.3 cm³/mol. The van der Waals surface area contributed by atoms with E-state index >= 15 is 0 Å². The largest absolute Gasteiger partial charge is 0.391 e. The van der Waals surface area contributed by atoms with Crippen LogP contribution in [0, 0.1) is 17.6 Å². The highest BCUT2D eigenvalue weighted by Crippen LogP contribution is 2.27. The van der Waals surface area contributed by atoms with Crippen molar-refractivity contribution >= 4 is 5.91 Å². The summed E-state index contributed by atoms with van der Waals surface area (Å²) >= 11 is 0. The van der Waals surface area contributed by atoms with Crippen molar-refractivity contribution in [3.8, 4) is 0 Å². The van der Waals surface area contributed by atoms with E-state index in [9.17, 15) is 18.7 Å². The van der Waals surface area contributed by atoms with Gasteiger partial charge in [-0.1, -0.05) is 13.0 Å². The van der Waals surface area contributed by atoms with E-state index in [0.29, 0.717) is 18.9 Å². The van der Waals surface area contributed by atoms with Crippen LogP contribution in [0.4, 0.5) is 8.78 Å². The molecule has 1 saturated heterocycles. The van der Waals surface area contributed by atoms with Crippen LogP contribution in [0.1, 0.15) is 37.0 Å². The van der Waals surface area contributed by atoms with Crippen molar-refractivity contribution in [3.05, 3.63) is 35.4 Å². The van der Waals surface area contributed by atoms with Crippen LogP contribution in [0.2, 0.25) is 0 Å². The van der Waals surface area contributed by atoms with Crippen molar-refractivity contribution in [2.24, 2.45) is 5.92 Å². The molecule has 0 radical (unpaired) electrons. The molecule has 1 aromatic rings. The average molecular weight is 283 g/mol. The summed E-state index contributed by atoms with van der Waals surface area (Å²) in [6, 6.07) is 3.22. The van der Waals surface area contributed by atoms with Gasteiger partial charge in [-0.3, -0.25) is 4.79 Å². The zero-order chi connectivity index (χ0) is 14.9. The van der Waals surface area contributed by atoms with Crippen molar-refractivity contribution in [2.75, 3.05) is 6.54 Å². The number of hydrogen-bond acceptors (Lipinski definition) is 2. The number of benzene rings is 1. The molecule has 20 heavy (non-hydrogen) atoms. The molecule has 0 aliphatic carbocycles. The molecule has 3 nitrogen and oxygen atoms in total. The minimum absolute atomic E-state index is 0.273. The lowest BCUT2D eigenvalue weighted by molar-refractivity contribution is 0.0183. The molecule has 1 aliphatic rings. The molecule has 0 saturated carbocycles. The second-order valence-electron chi connectivity index (χ2n) is 5.54. The van der Waals surface area contributed by atoms with Gasteiger partial charge in [-0.25, -0.2) is 8.78 Å². The van der Waals surface area contributed by atoms with Gasteiger partial charge in [0.05, 0.1) is 17.7 Å². The summed E-state index contributed by atoms with van der Waals surface area (Å²) in [7, 11) is 0. The first-order chi connectivity index (χ1) is 9.41. The van der Waals surface area contributed by atoms with Gasteiger partial charge in [-0.05, 0) is 37.8 Å². The quantitative estimate of drug-likeness (QED) is 0.906. The highest BCUT2D eigenvalue weighted by Gasteiger charge is 2.34. The lowest BCUT2D eigenvalue weighted by Gasteiger charge is -2.40. The fourth-order valence-corrected chi connectivity index (χ4v) is 2.72. The minimum Gasteiger partial charge on any atom is -0.391 e. The lowest BCUT2D eigenvalue weighted by Crippen LogP contribution is -2.50. The summed E-state index contributed by atoms with van der Waals surface area (Å²) in [6.07, 6.45) is 0.769. The first-order valence-electron chi connectivity index (χ1n) is 6.85. The zero-order valence-electron chi connectivity index (χ0n) is 11.6. The molecule has 1 heterocycles. The van der Waals surface area contributed by atoms with Gasteiger partial charge in [0.15, 0.2) is 11.6 Å². The van der Waals surface area contributed by atoms with Gasteiger partial charge in [0.1, 0.15) is 0 Å². The standard InChI is InChI=1S/C15H19F2NO2/c1-9-6-7-18(13(8-9)10(2)19)15(20)11-4-3-5-12(16)14(11)17/h3-5,9-10,13,19H,6-8H2,1-2H3/t9-,10+,13-/m1/s1. The number of hydrogen-bond donors (Lipinski definition) is 1. The number of halogens is 2. The summed E-state index contributed by atoms with van der Waals surface area (Å²) in [5.74, 6) is -2.31. The molecule has 0 bridgehead atoms. The van der Waals surface area contributed by atoms with E-state index < -0.39 is 23.6 Å². The molecule has 1 fully saturated rings. The lowest BCUT2D eigenvalue weighted by atomic mass is 9.89. The van der Waals surface area contributed by atoms with Gasteiger partial charge in [0, 0.05) is 6.54 Å². The van der Waals surface area contributed by atoms with Crippen molar-refractivity contribution in [2.45, 2.75) is 38.8 Å². The average Bonchev–Trinajstić information content (AvgIpc) is 2.41. The van der Waals surface area contributed by atoms with Crippen molar-refractivity contribution in [1.82, 2.24) is 4.90 Å². The van der Waals surface area contributed by atoms with Crippen LogP contribution in [0.5, 0.6) is 0 Å². The van der Waals surface area contributed by atoms with Crippen LogP contribution in [0.25, 0.3) is 0 Å². The van der Waals surface area contributed by atoms with Crippen molar-refractivity contribution in [3.63, 3.8) is 0 Å². The molecule has 1 aliphatic heterocycles. The van der Waals surface area contributed by atoms with Gasteiger partial charge in [-0.15, -0.1) is 0 Å². The topological polar surface area (TPSA) is 40.5 Å². The predicted octanol–water partition coefficient (Wildman–Crippen LogP) is 2.59.